The molecule has 100 valence electrons. The van der Waals surface area contributed by atoms with E-state index in [1.54, 1.807) is 18.2 Å². The van der Waals surface area contributed by atoms with Gasteiger partial charge in [-0.3, -0.25) is 0 Å². The topological polar surface area (TPSA) is 40.5 Å². The molecule has 1 rings (SSSR count). The van der Waals surface area contributed by atoms with Gasteiger partial charge in [0.25, 0.3) is 0 Å². The van der Waals surface area contributed by atoms with E-state index in [4.69, 9.17) is 11.6 Å². The van der Waals surface area contributed by atoms with Crippen LogP contribution in [0.2, 0.25) is 5.02 Å². The number of hydrogen-bond donors (Lipinski definition) is 1. The molecule has 0 spiro atoms. The number of carboxylic acid groups (broad SMARTS) is 1. The Morgan fingerprint density at radius 1 is 1.44 bits per heavy atom. The second-order valence-electron chi connectivity index (χ2n) is 4.49. The summed E-state index contributed by atoms with van der Waals surface area (Å²) >= 11 is 6.17. The molecule has 18 heavy (non-hydrogen) atoms. The predicted octanol–water partition coefficient (Wildman–Crippen LogP) is 3.91. The van der Waals surface area contributed by atoms with Crippen molar-refractivity contribution >= 4 is 23.3 Å². The molecule has 0 saturated carbocycles. The van der Waals surface area contributed by atoms with Gasteiger partial charge in [0.2, 0.25) is 0 Å². The van der Waals surface area contributed by atoms with Crippen molar-refractivity contribution in [2.45, 2.75) is 27.2 Å². The lowest BCUT2D eigenvalue weighted by Crippen LogP contribution is -2.29. The predicted molar refractivity (Wildman–Crippen MR) is 75.8 cm³/mol. The van der Waals surface area contributed by atoms with Gasteiger partial charge in [0, 0.05) is 13.1 Å². The summed E-state index contributed by atoms with van der Waals surface area (Å²) in [6, 6.07) is 5.01. The molecule has 0 fully saturated rings. The Morgan fingerprint density at radius 3 is 2.61 bits per heavy atom. The SMILES string of the molecule is CCC(C)CN(CC)c1c(Cl)cccc1C(=O)O. The fourth-order valence-corrected chi connectivity index (χ4v) is 2.19. The van der Waals surface area contributed by atoms with Gasteiger partial charge in [-0.2, -0.15) is 0 Å². The molecule has 0 radical (unpaired) electrons. The molecule has 0 aromatic heterocycles. The lowest BCUT2D eigenvalue weighted by molar-refractivity contribution is 0.0697. The molecular weight excluding hydrogens is 250 g/mol. The van der Waals surface area contributed by atoms with Crippen LogP contribution in [0.25, 0.3) is 0 Å². The first-order valence-corrected chi connectivity index (χ1v) is 6.65. The second-order valence-corrected chi connectivity index (χ2v) is 4.90. The third-order valence-electron chi connectivity index (χ3n) is 3.14. The van der Waals surface area contributed by atoms with Crippen LogP contribution < -0.4 is 4.90 Å². The first-order chi connectivity index (χ1) is 8.51. The number of carbonyl (C=O) groups is 1. The van der Waals surface area contributed by atoms with Crippen molar-refractivity contribution in [1.82, 2.24) is 0 Å². The summed E-state index contributed by atoms with van der Waals surface area (Å²) in [6.45, 7) is 7.85. The van der Waals surface area contributed by atoms with Crippen molar-refractivity contribution in [1.29, 1.82) is 0 Å². The van der Waals surface area contributed by atoms with Crippen LogP contribution in [0.3, 0.4) is 0 Å². The summed E-state index contributed by atoms with van der Waals surface area (Å²) in [5, 5.41) is 9.74. The van der Waals surface area contributed by atoms with Gasteiger partial charge in [-0.05, 0) is 25.0 Å². The highest BCUT2D eigenvalue weighted by molar-refractivity contribution is 6.34. The zero-order valence-corrected chi connectivity index (χ0v) is 11.9. The smallest absolute Gasteiger partial charge is 0.337 e. The molecule has 1 aromatic rings. The van der Waals surface area contributed by atoms with Crippen molar-refractivity contribution in [3.05, 3.63) is 28.8 Å². The largest absolute Gasteiger partial charge is 0.478 e. The Labute approximate surface area is 113 Å². The Hall–Kier alpha value is -1.22. The number of halogens is 1. The number of rotatable bonds is 6. The zero-order valence-electron chi connectivity index (χ0n) is 11.1. The third-order valence-corrected chi connectivity index (χ3v) is 3.45. The molecule has 0 amide bonds. The van der Waals surface area contributed by atoms with Gasteiger partial charge in [0.15, 0.2) is 0 Å². The molecule has 3 nitrogen and oxygen atoms in total. The van der Waals surface area contributed by atoms with Crippen molar-refractivity contribution in [2.24, 2.45) is 5.92 Å². The molecule has 1 atom stereocenters. The van der Waals surface area contributed by atoms with E-state index in [9.17, 15) is 9.90 Å². The van der Waals surface area contributed by atoms with Crippen LogP contribution in [-0.4, -0.2) is 24.2 Å². The van der Waals surface area contributed by atoms with E-state index in [1.807, 2.05) is 11.8 Å². The van der Waals surface area contributed by atoms with Gasteiger partial charge >= 0.3 is 5.97 Å². The molecule has 0 aliphatic rings. The number of aromatic carboxylic acids is 1. The summed E-state index contributed by atoms with van der Waals surface area (Å²) in [6.07, 6.45) is 1.06. The molecule has 0 heterocycles. The first-order valence-electron chi connectivity index (χ1n) is 6.27. The number of benzene rings is 1. The fourth-order valence-electron chi connectivity index (χ4n) is 1.89. The van der Waals surface area contributed by atoms with E-state index in [2.05, 4.69) is 13.8 Å². The molecule has 0 saturated heterocycles. The maximum absolute atomic E-state index is 11.3. The Balaban J connectivity index is 3.15. The molecule has 1 aromatic carbocycles. The minimum Gasteiger partial charge on any atom is -0.478 e. The number of nitrogens with zero attached hydrogens (tertiary/aromatic N) is 1. The Bertz CT molecular complexity index is 420. The Morgan fingerprint density at radius 2 is 2.11 bits per heavy atom. The van der Waals surface area contributed by atoms with Crippen molar-refractivity contribution in [3.8, 4) is 0 Å². The first kappa shape index (κ1) is 14.8. The van der Waals surface area contributed by atoms with Crippen LogP contribution in [-0.2, 0) is 0 Å². The molecular formula is C14H20ClNO2. The monoisotopic (exact) mass is 269 g/mol. The number of hydrogen-bond acceptors (Lipinski definition) is 2. The van der Waals surface area contributed by atoms with E-state index >= 15 is 0 Å². The summed E-state index contributed by atoms with van der Waals surface area (Å²) in [7, 11) is 0. The van der Waals surface area contributed by atoms with Gasteiger partial charge in [0.05, 0.1) is 16.3 Å². The maximum atomic E-state index is 11.3. The highest BCUT2D eigenvalue weighted by atomic mass is 35.5. The van der Waals surface area contributed by atoms with Crippen molar-refractivity contribution in [3.63, 3.8) is 0 Å². The van der Waals surface area contributed by atoms with Crippen molar-refractivity contribution in [2.75, 3.05) is 18.0 Å². The number of para-hydroxylation sites is 1. The summed E-state index contributed by atoms with van der Waals surface area (Å²) < 4.78 is 0. The summed E-state index contributed by atoms with van der Waals surface area (Å²) in [5.74, 6) is -0.432. The molecule has 0 aliphatic carbocycles. The van der Waals surface area contributed by atoms with E-state index < -0.39 is 5.97 Å². The normalized spacial score (nSPS) is 12.2. The van der Waals surface area contributed by atoms with Gasteiger partial charge in [-0.25, -0.2) is 4.79 Å². The summed E-state index contributed by atoms with van der Waals surface area (Å²) in [4.78, 5) is 13.3. The third kappa shape index (κ3) is 3.39. The van der Waals surface area contributed by atoms with Gasteiger partial charge in [-0.15, -0.1) is 0 Å². The standard InChI is InChI=1S/C14H20ClNO2/c1-4-10(3)9-16(5-2)13-11(14(17)18)7-6-8-12(13)15/h6-8,10H,4-5,9H2,1-3H3,(H,17,18). The number of carboxylic acids is 1. The molecule has 0 bridgehead atoms. The van der Waals surface area contributed by atoms with Crippen LogP contribution in [0, 0.1) is 5.92 Å². The fraction of sp³-hybridized carbons (Fsp3) is 0.500. The quantitative estimate of drug-likeness (QED) is 0.851. The maximum Gasteiger partial charge on any atom is 0.337 e. The van der Waals surface area contributed by atoms with Gasteiger partial charge in [0.1, 0.15) is 0 Å². The minimum absolute atomic E-state index is 0.271. The Kier molecular flexibility index (Phi) is 5.48. The van der Waals surface area contributed by atoms with Crippen LogP contribution >= 0.6 is 11.6 Å². The van der Waals surface area contributed by atoms with E-state index in [-0.39, 0.29) is 5.56 Å². The molecule has 1 unspecified atom stereocenters. The lowest BCUT2D eigenvalue weighted by atomic mass is 10.1. The average Bonchev–Trinajstić information content (AvgIpc) is 2.35. The van der Waals surface area contributed by atoms with E-state index in [1.165, 1.54) is 0 Å². The van der Waals surface area contributed by atoms with Crippen LogP contribution in [0.5, 0.6) is 0 Å². The minimum atomic E-state index is -0.935. The lowest BCUT2D eigenvalue weighted by Gasteiger charge is -2.28. The second kappa shape index (κ2) is 6.64. The van der Waals surface area contributed by atoms with Crippen molar-refractivity contribution < 1.29 is 9.90 Å². The zero-order chi connectivity index (χ0) is 13.7. The molecule has 4 heteroatoms. The van der Waals surface area contributed by atoms with Crippen LogP contribution in [0.15, 0.2) is 18.2 Å². The van der Waals surface area contributed by atoms with Crippen LogP contribution in [0.1, 0.15) is 37.6 Å². The highest BCUT2D eigenvalue weighted by Gasteiger charge is 2.19. The molecule has 1 N–H and O–H groups in total. The molecule has 0 aliphatic heterocycles. The van der Waals surface area contributed by atoms with E-state index in [0.717, 1.165) is 19.5 Å². The highest BCUT2D eigenvalue weighted by Crippen LogP contribution is 2.30. The summed E-state index contributed by atoms with van der Waals surface area (Å²) in [5.41, 5.74) is 0.905. The van der Waals surface area contributed by atoms with Gasteiger partial charge < -0.3 is 10.0 Å². The number of anilines is 1. The average molecular weight is 270 g/mol. The van der Waals surface area contributed by atoms with Crippen LogP contribution in [0.4, 0.5) is 5.69 Å². The van der Waals surface area contributed by atoms with E-state index in [0.29, 0.717) is 16.6 Å². The van der Waals surface area contributed by atoms with Gasteiger partial charge in [-0.1, -0.05) is 37.9 Å².